The quantitative estimate of drug-likeness (QED) is 0.761. The Morgan fingerprint density at radius 3 is 2.89 bits per heavy atom. The molecule has 96 valence electrons. The standard InChI is InChI=1S/C14H17FN2O/c1-16(2)8-4-7-14(18)17-9-11-5-3-6-13(15)12(11)10-17/h3-7H,8-10H2,1-2H3. The van der Waals surface area contributed by atoms with Crippen LogP contribution in [0.15, 0.2) is 30.4 Å². The SMILES string of the molecule is CN(C)CC=CC(=O)N1Cc2cccc(F)c2C1. The van der Waals surface area contributed by atoms with E-state index in [1.165, 1.54) is 6.07 Å². The van der Waals surface area contributed by atoms with Crippen molar-refractivity contribution in [3.8, 4) is 0 Å². The highest BCUT2D eigenvalue weighted by atomic mass is 19.1. The first-order chi connectivity index (χ1) is 8.58. The highest BCUT2D eigenvalue weighted by Crippen LogP contribution is 2.25. The molecule has 0 unspecified atom stereocenters. The van der Waals surface area contributed by atoms with E-state index >= 15 is 0 Å². The van der Waals surface area contributed by atoms with E-state index in [1.54, 1.807) is 17.0 Å². The molecule has 1 amide bonds. The lowest BCUT2D eigenvalue weighted by molar-refractivity contribution is -0.126. The van der Waals surface area contributed by atoms with Crippen molar-refractivity contribution in [1.29, 1.82) is 0 Å². The minimum absolute atomic E-state index is 0.0625. The van der Waals surface area contributed by atoms with Crippen LogP contribution in [0.1, 0.15) is 11.1 Å². The van der Waals surface area contributed by atoms with E-state index in [9.17, 15) is 9.18 Å². The van der Waals surface area contributed by atoms with Gasteiger partial charge in [0.25, 0.3) is 0 Å². The van der Waals surface area contributed by atoms with Crippen LogP contribution in [0.5, 0.6) is 0 Å². The molecule has 2 rings (SSSR count). The topological polar surface area (TPSA) is 23.6 Å². The molecule has 0 radical (unpaired) electrons. The second-order valence-electron chi connectivity index (χ2n) is 4.74. The number of carbonyl (C=O) groups is 1. The molecule has 0 saturated carbocycles. The number of fused-ring (bicyclic) bond motifs is 1. The first-order valence-electron chi connectivity index (χ1n) is 5.94. The van der Waals surface area contributed by atoms with Gasteiger partial charge in [-0.25, -0.2) is 4.39 Å². The number of benzene rings is 1. The smallest absolute Gasteiger partial charge is 0.246 e. The zero-order valence-electron chi connectivity index (χ0n) is 10.7. The predicted octanol–water partition coefficient (Wildman–Crippen LogP) is 1.79. The van der Waals surface area contributed by atoms with Crippen LogP contribution in [0.3, 0.4) is 0 Å². The Hall–Kier alpha value is -1.68. The summed E-state index contributed by atoms with van der Waals surface area (Å²) in [6, 6.07) is 4.99. The van der Waals surface area contributed by atoms with Gasteiger partial charge in [0.2, 0.25) is 5.91 Å². The van der Waals surface area contributed by atoms with Gasteiger partial charge in [-0.2, -0.15) is 0 Å². The van der Waals surface area contributed by atoms with Crippen LogP contribution in [-0.2, 0) is 17.9 Å². The lowest BCUT2D eigenvalue weighted by Crippen LogP contribution is -2.23. The van der Waals surface area contributed by atoms with E-state index in [0.29, 0.717) is 18.7 Å². The normalized spacial score (nSPS) is 14.6. The van der Waals surface area contributed by atoms with Gasteiger partial charge in [-0.3, -0.25) is 4.79 Å². The van der Waals surface area contributed by atoms with Gasteiger partial charge in [0.1, 0.15) is 5.82 Å². The van der Waals surface area contributed by atoms with Crippen molar-refractivity contribution in [1.82, 2.24) is 9.80 Å². The number of rotatable bonds is 3. The van der Waals surface area contributed by atoms with Gasteiger partial charge in [-0.1, -0.05) is 18.2 Å². The van der Waals surface area contributed by atoms with Crippen molar-refractivity contribution in [2.75, 3.05) is 20.6 Å². The van der Waals surface area contributed by atoms with E-state index in [2.05, 4.69) is 0 Å². The fraction of sp³-hybridized carbons (Fsp3) is 0.357. The molecule has 0 spiro atoms. The molecule has 0 aliphatic carbocycles. The molecule has 0 atom stereocenters. The maximum absolute atomic E-state index is 13.5. The second kappa shape index (κ2) is 5.31. The summed E-state index contributed by atoms with van der Waals surface area (Å²) < 4.78 is 13.5. The van der Waals surface area contributed by atoms with E-state index in [4.69, 9.17) is 0 Å². The van der Waals surface area contributed by atoms with Crippen LogP contribution in [0.25, 0.3) is 0 Å². The summed E-state index contributed by atoms with van der Waals surface area (Å²) >= 11 is 0. The van der Waals surface area contributed by atoms with E-state index in [1.807, 2.05) is 31.1 Å². The van der Waals surface area contributed by atoms with Crippen LogP contribution >= 0.6 is 0 Å². The molecule has 1 aromatic rings. The van der Waals surface area contributed by atoms with Crippen molar-refractivity contribution in [3.63, 3.8) is 0 Å². The molecule has 0 saturated heterocycles. The molecule has 1 aliphatic heterocycles. The highest BCUT2D eigenvalue weighted by Gasteiger charge is 2.23. The third kappa shape index (κ3) is 2.76. The van der Waals surface area contributed by atoms with E-state index in [0.717, 1.165) is 12.1 Å². The molecule has 4 heteroatoms. The van der Waals surface area contributed by atoms with E-state index < -0.39 is 0 Å². The number of amides is 1. The first kappa shape index (κ1) is 12.8. The van der Waals surface area contributed by atoms with Crippen molar-refractivity contribution >= 4 is 5.91 Å². The van der Waals surface area contributed by atoms with Gasteiger partial charge in [0.05, 0.1) is 0 Å². The van der Waals surface area contributed by atoms with Crippen molar-refractivity contribution in [2.45, 2.75) is 13.1 Å². The molecule has 18 heavy (non-hydrogen) atoms. The van der Waals surface area contributed by atoms with Crippen LogP contribution in [0.4, 0.5) is 4.39 Å². The lowest BCUT2D eigenvalue weighted by Gasteiger charge is -2.12. The molecule has 0 aromatic heterocycles. The van der Waals surface area contributed by atoms with Crippen molar-refractivity contribution in [3.05, 3.63) is 47.3 Å². The van der Waals surface area contributed by atoms with Crippen LogP contribution in [-0.4, -0.2) is 36.3 Å². The number of hydrogen-bond donors (Lipinski definition) is 0. The van der Waals surface area contributed by atoms with E-state index in [-0.39, 0.29) is 11.7 Å². The minimum atomic E-state index is -0.222. The van der Waals surface area contributed by atoms with Gasteiger partial charge in [0.15, 0.2) is 0 Å². The van der Waals surface area contributed by atoms with Crippen molar-refractivity contribution in [2.24, 2.45) is 0 Å². The number of nitrogens with zero attached hydrogens (tertiary/aromatic N) is 2. The number of halogens is 1. The van der Waals surface area contributed by atoms with Gasteiger partial charge >= 0.3 is 0 Å². The summed E-state index contributed by atoms with van der Waals surface area (Å²) in [5, 5.41) is 0. The predicted molar refractivity (Wildman–Crippen MR) is 68.3 cm³/mol. The maximum Gasteiger partial charge on any atom is 0.246 e. The van der Waals surface area contributed by atoms with Crippen molar-refractivity contribution < 1.29 is 9.18 Å². The summed E-state index contributed by atoms with van der Waals surface area (Å²) in [6.07, 6.45) is 3.38. The summed E-state index contributed by atoms with van der Waals surface area (Å²) in [6.45, 7) is 1.59. The summed E-state index contributed by atoms with van der Waals surface area (Å²) in [5.41, 5.74) is 1.55. The number of likely N-dealkylation sites (N-methyl/N-ethyl adjacent to an activating group) is 1. The molecular formula is C14H17FN2O. The Kier molecular flexibility index (Phi) is 3.77. The summed E-state index contributed by atoms with van der Waals surface area (Å²) in [4.78, 5) is 15.5. The largest absolute Gasteiger partial charge is 0.330 e. The molecule has 3 nitrogen and oxygen atoms in total. The Balaban J connectivity index is 2.01. The molecule has 1 aliphatic rings. The third-order valence-electron chi connectivity index (χ3n) is 2.97. The average Bonchev–Trinajstić information content (AvgIpc) is 2.74. The molecule has 0 fully saturated rings. The third-order valence-corrected chi connectivity index (χ3v) is 2.97. The Labute approximate surface area is 107 Å². The average molecular weight is 248 g/mol. The molecule has 1 heterocycles. The van der Waals surface area contributed by atoms with Crippen LogP contribution in [0.2, 0.25) is 0 Å². The zero-order valence-corrected chi connectivity index (χ0v) is 10.7. The number of carbonyl (C=O) groups excluding carboxylic acids is 1. The molecule has 0 bridgehead atoms. The fourth-order valence-electron chi connectivity index (χ4n) is 2.01. The Morgan fingerprint density at radius 2 is 2.22 bits per heavy atom. The summed E-state index contributed by atoms with van der Waals surface area (Å²) in [7, 11) is 3.88. The first-order valence-corrected chi connectivity index (χ1v) is 5.94. The molecular weight excluding hydrogens is 231 g/mol. The lowest BCUT2D eigenvalue weighted by atomic mass is 10.1. The monoisotopic (exact) mass is 248 g/mol. The second-order valence-corrected chi connectivity index (χ2v) is 4.74. The summed E-state index contributed by atoms with van der Waals surface area (Å²) in [5.74, 6) is -0.285. The maximum atomic E-state index is 13.5. The number of hydrogen-bond acceptors (Lipinski definition) is 2. The van der Waals surface area contributed by atoms with Gasteiger partial charge in [-0.05, 0) is 25.7 Å². The van der Waals surface area contributed by atoms with Gasteiger partial charge < -0.3 is 9.80 Å². The van der Waals surface area contributed by atoms with Gasteiger partial charge in [0, 0.05) is 31.3 Å². The van der Waals surface area contributed by atoms with Crippen LogP contribution < -0.4 is 0 Å². The molecule has 0 N–H and O–H groups in total. The zero-order chi connectivity index (χ0) is 13.1. The fourth-order valence-corrected chi connectivity index (χ4v) is 2.01. The highest BCUT2D eigenvalue weighted by molar-refractivity contribution is 5.88. The Bertz CT molecular complexity index is 483. The van der Waals surface area contributed by atoms with Gasteiger partial charge in [-0.15, -0.1) is 0 Å². The Morgan fingerprint density at radius 1 is 1.44 bits per heavy atom. The molecule has 1 aromatic carbocycles. The minimum Gasteiger partial charge on any atom is -0.330 e. The van der Waals surface area contributed by atoms with Crippen LogP contribution in [0, 0.1) is 5.82 Å².